The van der Waals surface area contributed by atoms with Gasteiger partial charge in [0.25, 0.3) is 0 Å². The molecule has 0 bridgehead atoms. The number of hydrogen-bond acceptors (Lipinski definition) is 0. The molecule has 2 saturated carbocycles. The molecule has 0 amide bonds. The first-order valence-corrected chi connectivity index (χ1v) is 8.74. The SMILES string of the molecule is CCC[C@H]1CC[C@H](C=C[C@H]2CC[C@H](C(F)(F)F)CC2)CC1. The predicted molar refractivity (Wildman–Crippen MR) is 81.0 cm³/mol. The van der Waals surface area contributed by atoms with Gasteiger partial charge in [-0.05, 0) is 69.1 Å². The van der Waals surface area contributed by atoms with Gasteiger partial charge in [-0.3, -0.25) is 0 Å². The summed E-state index contributed by atoms with van der Waals surface area (Å²) in [5.74, 6) is 0.934. The predicted octanol–water partition coefficient (Wildman–Crippen LogP) is 6.52. The first kappa shape index (κ1) is 16.9. The Labute approximate surface area is 127 Å². The van der Waals surface area contributed by atoms with Gasteiger partial charge < -0.3 is 0 Å². The van der Waals surface area contributed by atoms with Crippen LogP contribution in [0.3, 0.4) is 0 Å². The van der Waals surface area contributed by atoms with Gasteiger partial charge in [0.1, 0.15) is 0 Å². The minimum absolute atomic E-state index is 0.321. The lowest BCUT2D eigenvalue weighted by Gasteiger charge is -2.29. The molecule has 0 N–H and O–H groups in total. The third kappa shape index (κ3) is 5.34. The van der Waals surface area contributed by atoms with E-state index in [1.807, 2.05) is 0 Å². The molecule has 3 heteroatoms. The van der Waals surface area contributed by atoms with E-state index in [-0.39, 0.29) is 0 Å². The van der Waals surface area contributed by atoms with Gasteiger partial charge >= 0.3 is 6.18 Å². The van der Waals surface area contributed by atoms with E-state index >= 15 is 0 Å². The molecule has 0 spiro atoms. The lowest BCUT2D eigenvalue weighted by molar-refractivity contribution is -0.183. The molecule has 2 aliphatic rings. The summed E-state index contributed by atoms with van der Waals surface area (Å²) < 4.78 is 37.9. The quantitative estimate of drug-likeness (QED) is 0.519. The Morgan fingerprint density at radius 1 is 0.810 bits per heavy atom. The molecule has 21 heavy (non-hydrogen) atoms. The number of hydrogen-bond donors (Lipinski definition) is 0. The maximum absolute atomic E-state index is 12.6. The summed E-state index contributed by atoms with van der Waals surface area (Å²) >= 11 is 0. The second-order valence-electron chi connectivity index (χ2n) is 7.11. The highest BCUT2D eigenvalue weighted by atomic mass is 19.4. The number of halogens is 3. The third-order valence-electron chi connectivity index (χ3n) is 5.48. The second kappa shape index (κ2) is 7.69. The van der Waals surface area contributed by atoms with Crippen LogP contribution in [0, 0.1) is 23.7 Å². The lowest BCUT2D eigenvalue weighted by atomic mass is 9.78. The van der Waals surface area contributed by atoms with Gasteiger partial charge in [-0.2, -0.15) is 13.2 Å². The molecular weight excluding hydrogens is 273 g/mol. The Bertz CT molecular complexity index is 316. The van der Waals surface area contributed by atoms with Crippen molar-refractivity contribution < 1.29 is 13.2 Å². The summed E-state index contributed by atoms with van der Waals surface area (Å²) in [4.78, 5) is 0. The van der Waals surface area contributed by atoms with E-state index in [0.29, 0.717) is 37.5 Å². The van der Waals surface area contributed by atoms with Crippen LogP contribution in [0.15, 0.2) is 12.2 Å². The van der Waals surface area contributed by atoms with Gasteiger partial charge in [-0.15, -0.1) is 0 Å². The summed E-state index contributed by atoms with van der Waals surface area (Å²) in [6.07, 6.45) is 10.5. The lowest BCUT2D eigenvalue weighted by Crippen LogP contribution is -2.27. The molecule has 0 saturated heterocycles. The van der Waals surface area contributed by atoms with Crippen LogP contribution in [0.2, 0.25) is 0 Å². The van der Waals surface area contributed by atoms with Gasteiger partial charge in [-0.1, -0.05) is 31.9 Å². The molecule has 0 radical (unpaired) electrons. The van der Waals surface area contributed by atoms with Gasteiger partial charge in [0.05, 0.1) is 5.92 Å². The van der Waals surface area contributed by atoms with Gasteiger partial charge in [0, 0.05) is 0 Å². The fourth-order valence-corrected chi connectivity index (χ4v) is 4.03. The van der Waals surface area contributed by atoms with Crippen LogP contribution in [0.4, 0.5) is 13.2 Å². The van der Waals surface area contributed by atoms with E-state index in [0.717, 1.165) is 5.92 Å². The Morgan fingerprint density at radius 3 is 1.71 bits per heavy atom. The Kier molecular flexibility index (Phi) is 6.19. The molecule has 122 valence electrons. The van der Waals surface area contributed by atoms with Crippen molar-refractivity contribution in [2.24, 2.45) is 23.7 Å². The second-order valence-corrected chi connectivity index (χ2v) is 7.11. The van der Waals surface area contributed by atoms with Crippen molar-refractivity contribution in [2.45, 2.75) is 77.3 Å². The maximum atomic E-state index is 12.6. The maximum Gasteiger partial charge on any atom is 0.391 e. The molecule has 2 aliphatic carbocycles. The van der Waals surface area contributed by atoms with E-state index in [1.165, 1.54) is 38.5 Å². The van der Waals surface area contributed by atoms with Crippen molar-refractivity contribution in [3.8, 4) is 0 Å². The summed E-state index contributed by atoms with van der Waals surface area (Å²) in [5, 5.41) is 0. The number of alkyl halides is 3. The fraction of sp³-hybridized carbons (Fsp3) is 0.889. The smallest absolute Gasteiger partial charge is 0.171 e. The van der Waals surface area contributed by atoms with Crippen LogP contribution in [0.25, 0.3) is 0 Å². The van der Waals surface area contributed by atoms with E-state index in [1.54, 1.807) is 0 Å². The van der Waals surface area contributed by atoms with E-state index in [9.17, 15) is 13.2 Å². The molecule has 0 aliphatic heterocycles. The highest BCUT2D eigenvalue weighted by molar-refractivity contribution is 4.96. The van der Waals surface area contributed by atoms with E-state index in [2.05, 4.69) is 19.1 Å². The Morgan fingerprint density at radius 2 is 1.29 bits per heavy atom. The van der Waals surface area contributed by atoms with Crippen LogP contribution in [-0.2, 0) is 0 Å². The van der Waals surface area contributed by atoms with E-state index in [4.69, 9.17) is 0 Å². The van der Waals surface area contributed by atoms with Gasteiger partial charge in [0.2, 0.25) is 0 Å². The molecule has 2 rings (SSSR count). The minimum Gasteiger partial charge on any atom is -0.171 e. The monoisotopic (exact) mass is 302 g/mol. The first-order valence-electron chi connectivity index (χ1n) is 8.74. The summed E-state index contributed by atoms with van der Waals surface area (Å²) in [6.45, 7) is 2.25. The van der Waals surface area contributed by atoms with Crippen molar-refractivity contribution in [1.29, 1.82) is 0 Å². The zero-order valence-electron chi connectivity index (χ0n) is 13.2. The average molecular weight is 302 g/mol. The zero-order chi connectivity index (χ0) is 15.3. The molecular formula is C18H29F3. The molecule has 0 unspecified atom stereocenters. The third-order valence-corrected chi connectivity index (χ3v) is 5.48. The molecule has 0 aromatic heterocycles. The van der Waals surface area contributed by atoms with Gasteiger partial charge in [-0.25, -0.2) is 0 Å². The van der Waals surface area contributed by atoms with E-state index < -0.39 is 12.1 Å². The van der Waals surface area contributed by atoms with Crippen molar-refractivity contribution in [3.05, 3.63) is 12.2 Å². The van der Waals surface area contributed by atoms with Crippen molar-refractivity contribution in [3.63, 3.8) is 0 Å². The molecule has 2 fully saturated rings. The number of rotatable bonds is 4. The first-order chi connectivity index (χ1) is 9.99. The Hall–Kier alpha value is -0.470. The average Bonchev–Trinajstić information content (AvgIpc) is 2.46. The van der Waals surface area contributed by atoms with Crippen LogP contribution >= 0.6 is 0 Å². The van der Waals surface area contributed by atoms with Crippen LogP contribution in [-0.4, -0.2) is 6.18 Å². The molecule has 0 atom stereocenters. The topological polar surface area (TPSA) is 0 Å². The summed E-state index contributed by atoms with van der Waals surface area (Å²) in [7, 11) is 0. The van der Waals surface area contributed by atoms with Crippen LogP contribution < -0.4 is 0 Å². The molecule has 0 aromatic carbocycles. The Balaban J connectivity index is 1.69. The van der Waals surface area contributed by atoms with Crippen molar-refractivity contribution in [1.82, 2.24) is 0 Å². The van der Waals surface area contributed by atoms with Crippen LogP contribution in [0.1, 0.15) is 71.1 Å². The zero-order valence-corrected chi connectivity index (χ0v) is 13.2. The minimum atomic E-state index is -3.98. The normalized spacial score (nSPS) is 35.2. The molecule has 0 heterocycles. The standard InChI is InChI=1S/C18H29F3/c1-2-3-14-4-6-15(7-5-14)8-9-16-10-12-17(13-11-16)18(19,20)21/h8-9,14-17H,2-7,10-13H2,1H3/t14-,15-,16-,17-. The van der Waals surface area contributed by atoms with Gasteiger partial charge in [0.15, 0.2) is 0 Å². The van der Waals surface area contributed by atoms with Crippen LogP contribution in [0.5, 0.6) is 0 Å². The van der Waals surface area contributed by atoms with Crippen molar-refractivity contribution >= 4 is 0 Å². The van der Waals surface area contributed by atoms with Crippen molar-refractivity contribution in [2.75, 3.05) is 0 Å². The largest absolute Gasteiger partial charge is 0.391 e. The molecule has 0 nitrogen and oxygen atoms in total. The highest BCUT2D eigenvalue weighted by Crippen LogP contribution is 2.40. The number of allylic oxidation sites excluding steroid dienone is 2. The summed E-state index contributed by atoms with van der Waals surface area (Å²) in [5.41, 5.74) is 0. The fourth-order valence-electron chi connectivity index (χ4n) is 4.03. The molecule has 0 aromatic rings. The highest BCUT2D eigenvalue weighted by Gasteiger charge is 2.40. The summed E-state index contributed by atoms with van der Waals surface area (Å²) in [6, 6.07) is 0.